The molecule has 1 N–H and O–H groups in total. The Morgan fingerprint density at radius 3 is 2.27 bits per heavy atom. The first-order valence-electron chi connectivity index (χ1n) is 5.87. The highest BCUT2D eigenvalue weighted by Crippen LogP contribution is 2.39. The number of hydrogen-bond donors (Lipinski definition) is 1. The number of methoxy groups -OCH3 is 1. The Bertz CT molecular complexity index is 205. The molecule has 0 amide bonds. The summed E-state index contributed by atoms with van der Waals surface area (Å²) in [5.41, 5.74) is -0.522. The fourth-order valence-electron chi connectivity index (χ4n) is 2.54. The second kappa shape index (κ2) is 5.50. The van der Waals surface area contributed by atoms with Crippen LogP contribution in [0.1, 0.15) is 51.9 Å². The lowest BCUT2D eigenvalue weighted by Crippen LogP contribution is -2.34. The largest absolute Gasteiger partial charge is 0.481 e. The van der Waals surface area contributed by atoms with E-state index < -0.39 is 11.4 Å². The van der Waals surface area contributed by atoms with Crippen LogP contribution in [-0.4, -0.2) is 24.3 Å². The van der Waals surface area contributed by atoms with Gasteiger partial charge in [0.05, 0.1) is 11.5 Å². The van der Waals surface area contributed by atoms with Crippen LogP contribution in [0, 0.1) is 5.41 Å². The first-order chi connectivity index (χ1) is 7.10. The van der Waals surface area contributed by atoms with Gasteiger partial charge in [0.2, 0.25) is 0 Å². The Labute approximate surface area is 91.8 Å². The van der Waals surface area contributed by atoms with Crippen molar-refractivity contribution in [3.63, 3.8) is 0 Å². The van der Waals surface area contributed by atoms with Crippen molar-refractivity contribution in [3.05, 3.63) is 0 Å². The molecule has 0 aliphatic heterocycles. The topological polar surface area (TPSA) is 46.5 Å². The molecule has 3 heteroatoms. The van der Waals surface area contributed by atoms with Gasteiger partial charge in [-0.3, -0.25) is 4.79 Å². The van der Waals surface area contributed by atoms with Gasteiger partial charge in [-0.1, -0.05) is 25.7 Å². The highest BCUT2D eigenvalue weighted by atomic mass is 16.5. The third kappa shape index (κ3) is 3.20. The van der Waals surface area contributed by atoms with Crippen molar-refractivity contribution in [1.82, 2.24) is 0 Å². The number of carboxylic acid groups (broad SMARTS) is 1. The number of carboxylic acids is 1. The van der Waals surface area contributed by atoms with Gasteiger partial charge in [-0.05, 0) is 26.2 Å². The Morgan fingerprint density at radius 1 is 1.33 bits per heavy atom. The van der Waals surface area contributed by atoms with Gasteiger partial charge in [-0.25, -0.2) is 0 Å². The number of rotatable bonds is 4. The number of carbonyl (C=O) groups is 1. The molecular formula is C12H22O3. The number of ether oxygens (including phenoxy) is 1. The summed E-state index contributed by atoms with van der Waals surface area (Å²) in [6.07, 6.45) is 6.77. The zero-order valence-electron chi connectivity index (χ0n) is 9.79. The first-order valence-corrected chi connectivity index (χ1v) is 5.87. The molecule has 1 rings (SSSR count). The van der Waals surface area contributed by atoms with E-state index in [1.165, 1.54) is 12.8 Å². The number of aliphatic carboxylic acids is 1. The van der Waals surface area contributed by atoms with E-state index in [2.05, 4.69) is 0 Å². The molecule has 0 bridgehead atoms. The number of hydrogen-bond acceptors (Lipinski definition) is 2. The Kier molecular flexibility index (Phi) is 4.58. The summed E-state index contributed by atoms with van der Waals surface area (Å²) in [7, 11) is 1.65. The standard InChI is InChI=1S/C12H22O3/c1-10(15-2)9-12(11(13)14)7-5-3-4-6-8-12/h10H,3-9H2,1-2H3,(H,13,14). The Balaban J connectivity index is 2.71. The fourth-order valence-corrected chi connectivity index (χ4v) is 2.54. The van der Waals surface area contributed by atoms with Crippen LogP contribution >= 0.6 is 0 Å². The third-order valence-electron chi connectivity index (χ3n) is 3.59. The maximum Gasteiger partial charge on any atom is 0.309 e. The van der Waals surface area contributed by atoms with Crippen LogP contribution in [0.2, 0.25) is 0 Å². The van der Waals surface area contributed by atoms with Gasteiger partial charge in [0.15, 0.2) is 0 Å². The minimum Gasteiger partial charge on any atom is -0.481 e. The van der Waals surface area contributed by atoms with E-state index in [1.807, 2.05) is 6.92 Å². The van der Waals surface area contributed by atoms with Crippen molar-refractivity contribution in [2.24, 2.45) is 5.41 Å². The van der Waals surface area contributed by atoms with Crippen molar-refractivity contribution >= 4 is 5.97 Å². The summed E-state index contributed by atoms with van der Waals surface area (Å²) in [6, 6.07) is 0. The summed E-state index contributed by atoms with van der Waals surface area (Å²) in [4.78, 5) is 11.4. The average Bonchev–Trinajstić information content (AvgIpc) is 2.44. The van der Waals surface area contributed by atoms with Crippen LogP contribution in [0.3, 0.4) is 0 Å². The maximum absolute atomic E-state index is 11.4. The molecule has 1 fully saturated rings. The van der Waals surface area contributed by atoms with E-state index in [9.17, 15) is 9.90 Å². The van der Waals surface area contributed by atoms with Gasteiger partial charge < -0.3 is 9.84 Å². The van der Waals surface area contributed by atoms with Crippen molar-refractivity contribution in [1.29, 1.82) is 0 Å². The third-order valence-corrected chi connectivity index (χ3v) is 3.59. The van der Waals surface area contributed by atoms with Gasteiger partial charge in [-0.2, -0.15) is 0 Å². The predicted octanol–water partition coefficient (Wildman–Crippen LogP) is 2.84. The van der Waals surface area contributed by atoms with Crippen molar-refractivity contribution in [3.8, 4) is 0 Å². The van der Waals surface area contributed by atoms with Crippen molar-refractivity contribution < 1.29 is 14.6 Å². The molecule has 1 aliphatic carbocycles. The van der Waals surface area contributed by atoms with Crippen LogP contribution < -0.4 is 0 Å². The van der Waals surface area contributed by atoms with E-state index >= 15 is 0 Å². The monoisotopic (exact) mass is 214 g/mol. The fraction of sp³-hybridized carbons (Fsp3) is 0.917. The summed E-state index contributed by atoms with van der Waals surface area (Å²) < 4.78 is 5.21. The lowest BCUT2D eigenvalue weighted by atomic mass is 9.76. The van der Waals surface area contributed by atoms with E-state index in [1.54, 1.807) is 7.11 Å². The van der Waals surface area contributed by atoms with Crippen LogP contribution in [-0.2, 0) is 9.53 Å². The minimum absolute atomic E-state index is 0.0409. The molecule has 0 spiro atoms. The van der Waals surface area contributed by atoms with Crippen LogP contribution in [0.15, 0.2) is 0 Å². The Morgan fingerprint density at radius 2 is 1.87 bits per heavy atom. The second-order valence-electron chi connectivity index (χ2n) is 4.75. The molecule has 0 aromatic rings. The van der Waals surface area contributed by atoms with E-state index in [0.29, 0.717) is 6.42 Å². The molecule has 0 radical (unpaired) electrons. The molecule has 0 aromatic heterocycles. The lowest BCUT2D eigenvalue weighted by molar-refractivity contribution is -0.152. The second-order valence-corrected chi connectivity index (χ2v) is 4.75. The van der Waals surface area contributed by atoms with Crippen LogP contribution in [0.5, 0.6) is 0 Å². The first kappa shape index (κ1) is 12.5. The SMILES string of the molecule is COC(C)CC1(C(=O)O)CCCCCC1. The van der Waals surface area contributed by atoms with E-state index in [4.69, 9.17) is 4.74 Å². The molecule has 3 nitrogen and oxygen atoms in total. The molecule has 1 aliphatic rings. The minimum atomic E-state index is -0.631. The molecule has 0 aromatic carbocycles. The molecule has 15 heavy (non-hydrogen) atoms. The van der Waals surface area contributed by atoms with E-state index in [0.717, 1.165) is 25.7 Å². The maximum atomic E-state index is 11.4. The lowest BCUT2D eigenvalue weighted by Gasteiger charge is -2.30. The molecule has 88 valence electrons. The highest BCUT2D eigenvalue weighted by molar-refractivity contribution is 5.74. The molecule has 0 heterocycles. The van der Waals surface area contributed by atoms with Crippen LogP contribution in [0.4, 0.5) is 0 Å². The normalized spacial score (nSPS) is 23.1. The summed E-state index contributed by atoms with van der Waals surface area (Å²) in [6.45, 7) is 1.95. The average molecular weight is 214 g/mol. The molecule has 0 saturated heterocycles. The van der Waals surface area contributed by atoms with Crippen molar-refractivity contribution in [2.45, 2.75) is 58.0 Å². The zero-order chi connectivity index (χ0) is 11.3. The van der Waals surface area contributed by atoms with Gasteiger partial charge in [0.1, 0.15) is 0 Å². The van der Waals surface area contributed by atoms with Crippen LogP contribution in [0.25, 0.3) is 0 Å². The predicted molar refractivity (Wildman–Crippen MR) is 58.9 cm³/mol. The summed E-state index contributed by atoms with van der Waals surface area (Å²) in [5.74, 6) is -0.631. The summed E-state index contributed by atoms with van der Waals surface area (Å²) in [5, 5.41) is 9.40. The van der Waals surface area contributed by atoms with Gasteiger partial charge in [0, 0.05) is 7.11 Å². The quantitative estimate of drug-likeness (QED) is 0.732. The van der Waals surface area contributed by atoms with Gasteiger partial charge in [0.25, 0.3) is 0 Å². The molecular weight excluding hydrogens is 192 g/mol. The smallest absolute Gasteiger partial charge is 0.309 e. The zero-order valence-corrected chi connectivity index (χ0v) is 9.79. The summed E-state index contributed by atoms with van der Waals surface area (Å²) >= 11 is 0. The molecule has 1 unspecified atom stereocenters. The molecule has 1 atom stereocenters. The van der Waals surface area contributed by atoms with Gasteiger partial charge >= 0.3 is 5.97 Å². The van der Waals surface area contributed by atoms with Crippen molar-refractivity contribution in [2.75, 3.05) is 7.11 Å². The van der Waals surface area contributed by atoms with Gasteiger partial charge in [-0.15, -0.1) is 0 Å². The Hall–Kier alpha value is -0.570. The highest BCUT2D eigenvalue weighted by Gasteiger charge is 2.39. The molecule has 1 saturated carbocycles. The van der Waals surface area contributed by atoms with E-state index in [-0.39, 0.29) is 6.10 Å².